The van der Waals surface area contributed by atoms with E-state index in [1.807, 2.05) is 11.9 Å². The van der Waals surface area contributed by atoms with Crippen molar-refractivity contribution in [2.45, 2.75) is 19.3 Å². The molecule has 2 rings (SSSR count). The van der Waals surface area contributed by atoms with Gasteiger partial charge in [0, 0.05) is 52.7 Å². The van der Waals surface area contributed by atoms with E-state index in [1.165, 1.54) is 0 Å². The van der Waals surface area contributed by atoms with Crippen molar-refractivity contribution < 1.29 is 4.79 Å². The van der Waals surface area contributed by atoms with Gasteiger partial charge in [-0.25, -0.2) is 0 Å². The second kappa shape index (κ2) is 6.90. The Bertz CT molecular complexity index is 297. The van der Waals surface area contributed by atoms with Gasteiger partial charge in [0.25, 0.3) is 0 Å². The highest BCUT2D eigenvalue weighted by atomic mass is 16.2. The fourth-order valence-electron chi connectivity index (χ4n) is 2.60. The van der Waals surface area contributed by atoms with E-state index in [9.17, 15) is 4.79 Å². The van der Waals surface area contributed by atoms with Crippen molar-refractivity contribution in [3.63, 3.8) is 0 Å². The van der Waals surface area contributed by atoms with Crippen LogP contribution in [0.15, 0.2) is 12.2 Å². The smallest absolute Gasteiger partial charge is 0.222 e. The third-order valence-electron chi connectivity index (χ3n) is 3.94. The van der Waals surface area contributed by atoms with Crippen molar-refractivity contribution in [2.24, 2.45) is 5.92 Å². The fraction of sp³-hybridized carbons (Fsp3) is 0.786. The second-order valence-corrected chi connectivity index (χ2v) is 5.38. The number of amides is 1. The number of nitrogens with zero attached hydrogens (tertiary/aromatic N) is 2. The van der Waals surface area contributed by atoms with Crippen LogP contribution in [0.1, 0.15) is 19.3 Å². The van der Waals surface area contributed by atoms with Crippen LogP contribution in [0.3, 0.4) is 0 Å². The van der Waals surface area contributed by atoms with Crippen LogP contribution in [0.25, 0.3) is 0 Å². The van der Waals surface area contributed by atoms with Crippen LogP contribution in [0.5, 0.6) is 0 Å². The third kappa shape index (κ3) is 4.10. The number of hydrogen-bond acceptors (Lipinski definition) is 3. The molecule has 0 aromatic carbocycles. The van der Waals surface area contributed by atoms with Gasteiger partial charge in [-0.2, -0.15) is 0 Å². The summed E-state index contributed by atoms with van der Waals surface area (Å²) in [6.07, 6.45) is 7.37. The Labute approximate surface area is 110 Å². The maximum Gasteiger partial charge on any atom is 0.222 e. The minimum atomic E-state index is 0.293. The number of piperazine rings is 1. The molecule has 0 aromatic heterocycles. The number of rotatable bonds is 5. The molecule has 1 unspecified atom stereocenters. The monoisotopic (exact) mass is 251 g/mol. The topological polar surface area (TPSA) is 35.6 Å². The molecule has 2 aliphatic rings. The molecule has 0 bridgehead atoms. The normalized spacial score (nSPS) is 24.4. The molecule has 0 aromatic rings. The van der Waals surface area contributed by atoms with Crippen molar-refractivity contribution in [3.05, 3.63) is 12.2 Å². The maximum atomic E-state index is 12.0. The van der Waals surface area contributed by atoms with Crippen molar-refractivity contribution in [1.29, 1.82) is 0 Å². The molecule has 0 saturated carbocycles. The Morgan fingerprint density at radius 3 is 2.89 bits per heavy atom. The highest BCUT2D eigenvalue weighted by Gasteiger charge is 2.17. The van der Waals surface area contributed by atoms with E-state index in [0.717, 1.165) is 52.1 Å². The minimum absolute atomic E-state index is 0.293. The van der Waals surface area contributed by atoms with Crippen LogP contribution in [0, 0.1) is 5.92 Å². The van der Waals surface area contributed by atoms with E-state index in [1.54, 1.807) is 0 Å². The average molecular weight is 251 g/mol. The summed E-state index contributed by atoms with van der Waals surface area (Å²) in [6.45, 7) is 6.22. The van der Waals surface area contributed by atoms with Gasteiger partial charge in [0.1, 0.15) is 0 Å². The van der Waals surface area contributed by atoms with E-state index in [4.69, 9.17) is 0 Å². The summed E-state index contributed by atoms with van der Waals surface area (Å²) in [5, 5.41) is 3.34. The van der Waals surface area contributed by atoms with E-state index < -0.39 is 0 Å². The number of likely N-dealkylation sites (N-methyl/N-ethyl adjacent to an activating group) is 1. The summed E-state index contributed by atoms with van der Waals surface area (Å²) < 4.78 is 0. The number of hydrogen-bond donors (Lipinski definition) is 1. The molecule has 0 radical (unpaired) electrons. The molecule has 102 valence electrons. The van der Waals surface area contributed by atoms with Crippen LogP contribution < -0.4 is 5.32 Å². The third-order valence-corrected chi connectivity index (χ3v) is 3.94. The van der Waals surface area contributed by atoms with Crippen LogP contribution in [0.4, 0.5) is 0 Å². The van der Waals surface area contributed by atoms with Crippen molar-refractivity contribution in [2.75, 3.05) is 46.3 Å². The largest absolute Gasteiger partial charge is 0.344 e. The molecule has 1 fully saturated rings. The Hall–Kier alpha value is -0.870. The van der Waals surface area contributed by atoms with Crippen molar-refractivity contribution in [1.82, 2.24) is 15.1 Å². The predicted octanol–water partition coefficient (Wildman–Crippen LogP) is 0.706. The molecule has 1 saturated heterocycles. The number of carbonyl (C=O) groups excluding carboxylic acids is 1. The zero-order valence-corrected chi connectivity index (χ0v) is 11.4. The van der Waals surface area contributed by atoms with Crippen molar-refractivity contribution in [3.8, 4) is 0 Å². The van der Waals surface area contributed by atoms with Crippen LogP contribution in [0.2, 0.25) is 0 Å². The SMILES string of the molecule is CN(CCN1CCNCC1)C(=O)CC1C=CCC1. The van der Waals surface area contributed by atoms with Crippen LogP contribution in [-0.4, -0.2) is 62.0 Å². The van der Waals surface area contributed by atoms with Gasteiger partial charge in [0.2, 0.25) is 5.91 Å². The summed E-state index contributed by atoms with van der Waals surface area (Å²) in [6, 6.07) is 0. The van der Waals surface area contributed by atoms with Gasteiger partial charge in [0.15, 0.2) is 0 Å². The number of carbonyl (C=O) groups is 1. The molecule has 18 heavy (non-hydrogen) atoms. The summed E-state index contributed by atoms with van der Waals surface area (Å²) in [5.74, 6) is 0.779. The van der Waals surface area contributed by atoms with Crippen molar-refractivity contribution >= 4 is 5.91 Å². The predicted molar refractivity (Wildman–Crippen MR) is 73.4 cm³/mol. The summed E-state index contributed by atoms with van der Waals surface area (Å²) in [4.78, 5) is 16.4. The molecule has 4 heteroatoms. The quantitative estimate of drug-likeness (QED) is 0.731. The molecule has 1 aliphatic carbocycles. The van der Waals surface area contributed by atoms with E-state index >= 15 is 0 Å². The molecule has 1 aliphatic heterocycles. The standard InChI is InChI=1S/C14H25N3O/c1-16(10-11-17-8-6-15-7-9-17)14(18)12-13-4-2-3-5-13/h2,4,13,15H,3,5-12H2,1H3. The molecule has 1 atom stereocenters. The summed E-state index contributed by atoms with van der Waals surface area (Å²) in [7, 11) is 1.93. The first-order valence-corrected chi connectivity index (χ1v) is 7.09. The summed E-state index contributed by atoms with van der Waals surface area (Å²) in [5.41, 5.74) is 0. The van der Waals surface area contributed by atoms with Gasteiger partial charge < -0.3 is 10.2 Å². The molecule has 4 nitrogen and oxygen atoms in total. The molecule has 1 heterocycles. The Balaban J connectivity index is 1.64. The number of allylic oxidation sites excluding steroid dienone is 2. The van der Waals surface area contributed by atoms with E-state index in [0.29, 0.717) is 18.2 Å². The zero-order valence-electron chi connectivity index (χ0n) is 11.4. The first-order valence-electron chi connectivity index (χ1n) is 7.09. The molecular weight excluding hydrogens is 226 g/mol. The Morgan fingerprint density at radius 2 is 2.22 bits per heavy atom. The van der Waals surface area contributed by atoms with Gasteiger partial charge >= 0.3 is 0 Å². The van der Waals surface area contributed by atoms with Gasteiger partial charge in [-0.05, 0) is 18.8 Å². The highest BCUT2D eigenvalue weighted by Crippen LogP contribution is 2.20. The van der Waals surface area contributed by atoms with E-state index in [-0.39, 0.29) is 0 Å². The van der Waals surface area contributed by atoms with Gasteiger partial charge in [0.05, 0.1) is 0 Å². The Kier molecular flexibility index (Phi) is 5.20. The maximum absolute atomic E-state index is 12.0. The molecule has 0 spiro atoms. The lowest BCUT2D eigenvalue weighted by Gasteiger charge is -2.29. The lowest BCUT2D eigenvalue weighted by atomic mass is 10.0. The highest BCUT2D eigenvalue weighted by molar-refractivity contribution is 5.76. The van der Waals surface area contributed by atoms with Gasteiger partial charge in [-0.1, -0.05) is 12.2 Å². The van der Waals surface area contributed by atoms with E-state index in [2.05, 4.69) is 22.4 Å². The molecule has 1 N–H and O–H groups in total. The average Bonchev–Trinajstić information content (AvgIpc) is 2.90. The molecular formula is C14H25N3O. The van der Waals surface area contributed by atoms with Crippen LogP contribution in [-0.2, 0) is 4.79 Å². The van der Waals surface area contributed by atoms with Gasteiger partial charge in [-0.3, -0.25) is 9.69 Å². The zero-order chi connectivity index (χ0) is 12.8. The Morgan fingerprint density at radius 1 is 1.44 bits per heavy atom. The summed E-state index contributed by atoms with van der Waals surface area (Å²) >= 11 is 0. The lowest BCUT2D eigenvalue weighted by molar-refractivity contribution is -0.130. The number of nitrogens with one attached hydrogen (secondary N) is 1. The van der Waals surface area contributed by atoms with Gasteiger partial charge in [-0.15, -0.1) is 0 Å². The minimum Gasteiger partial charge on any atom is -0.344 e. The first-order chi connectivity index (χ1) is 8.75. The lowest BCUT2D eigenvalue weighted by Crippen LogP contribution is -2.46. The fourth-order valence-corrected chi connectivity index (χ4v) is 2.60. The molecule has 1 amide bonds. The second-order valence-electron chi connectivity index (χ2n) is 5.38. The first kappa shape index (κ1) is 13.6. The van der Waals surface area contributed by atoms with Crippen LogP contribution >= 0.6 is 0 Å².